The van der Waals surface area contributed by atoms with E-state index in [2.05, 4.69) is 20.8 Å². The predicted octanol–water partition coefficient (Wildman–Crippen LogP) is 1.23. The minimum absolute atomic E-state index is 0.0703. The average Bonchev–Trinajstić information content (AvgIpc) is 3.25. The second kappa shape index (κ2) is 6.93. The fourth-order valence-electron chi connectivity index (χ4n) is 2.44. The SMILES string of the molecule is COc1cc(-n2cnnn2)c(Cl)cc1C(=O)NCC1CCCO1. The summed E-state index contributed by atoms with van der Waals surface area (Å²) in [5, 5.41) is 14.1. The van der Waals surface area contributed by atoms with E-state index in [1.807, 2.05) is 0 Å². The summed E-state index contributed by atoms with van der Waals surface area (Å²) in [4.78, 5) is 12.4. The van der Waals surface area contributed by atoms with Crippen molar-refractivity contribution in [1.29, 1.82) is 0 Å². The number of nitrogens with zero attached hydrogens (tertiary/aromatic N) is 4. The summed E-state index contributed by atoms with van der Waals surface area (Å²) in [5.74, 6) is 0.132. The first kappa shape index (κ1) is 15.7. The lowest BCUT2D eigenvalue weighted by Gasteiger charge is -2.14. The number of nitrogens with one attached hydrogen (secondary N) is 1. The van der Waals surface area contributed by atoms with Crippen LogP contribution in [0.25, 0.3) is 5.69 Å². The molecule has 0 aliphatic carbocycles. The summed E-state index contributed by atoms with van der Waals surface area (Å²) in [6, 6.07) is 3.17. The molecule has 0 radical (unpaired) electrons. The van der Waals surface area contributed by atoms with Crippen LogP contribution in [0.15, 0.2) is 18.5 Å². The van der Waals surface area contributed by atoms with Crippen molar-refractivity contribution in [2.24, 2.45) is 0 Å². The van der Waals surface area contributed by atoms with Crippen molar-refractivity contribution in [2.75, 3.05) is 20.3 Å². The fourth-order valence-corrected chi connectivity index (χ4v) is 2.69. The first-order chi connectivity index (χ1) is 11.2. The van der Waals surface area contributed by atoms with Crippen molar-refractivity contribution in [2.45, 2.75) is 18.9 Å². The van der Waals surface area contributed by atoms with Crippen molar-refractivity contribution in [3.63, 3.8) is 0 Å². The van der Waals surface area contributed by atoms with Crippen LogP contribution in [-0.2, 0) is 4.74 Å². The van der Waals surface area contributed by atoms with E-state index >= 15 is 0 Å². The Morgan fingerprint density at radius 1 is 1.57 bits per heavy atom. The molecule has 1 unspecified atom stereocenters. The van der Waals surface area contributed by atoms with E-state index < -0.39 is 0 Å². The Kier molecular flexibility index (Phi) is 4.73. The molecule has 122 valence electrons. The van der Waals surface area contributed by atoms with E-state index in [9.17, 15) is 4.79 Å². The fraction of sp³-hybridized carbons (Fsp3) is 0.429. The summed E-state index contributed by atoms with van der Waals surface area (Å²) >= 11 is 6.24. The molecule has 9 heteroatoms. The Morgan fingerprint density at radius 3 is 3.09 bits per heavy atom. The lowest BCUT2D eigenvalue weighted by molar-refractivity contribution is 0.0855. The average molecular weight is 338 g/mol. The number of methoxy groups -OCH3 is 1. The van der Waals surface area contributed by atoms with E-state index in [0.717, 1.165) is 19.4 Å². The largest absolute Gasteiger partial charge is 0.496 e. The number of carbonyl (C=O) groups excluding carboxylic acids is 1. The molecular formula is C14H16ClN5O3. The van der Waals surface area contributed by atoms with Crippen LogP contribution in [0.5, 0.6) is 5.75 Å². The monoisotopic (exact) mass is 337 g/mol. The molecule has 1 fully saturated rings. The highest BCUT2D eigenvalue weighted by atomic mass is 35.5. The zero-order valence-electron chi connectivity index (χ0n) is 12.5. The maximum absolute atomic E-state index is 12.4. The molecule has 0 saturated carbocycles. The van der Waals surface area contributed by atoms with Crippen molar-refractivity contribution in [3.8, 4) is 11.4 Å². The van der Waals surface area contributed by atoms with Gasteiger partial charge in [-0.1, -0.05) is 11.6 Å². The molecule has 1 amide bonds. The molecule has 1 saturated heterocycles. The van der Waals surface area contributed by atoms with Crippen molar-refractivity contribution < 1.29 is 14.3 Å². The molecule has 1 aromatic heterocycles. The Labute approximate surface area is 137 Å². The second-order valence-corrected chi connectivity index (χ2v) is 5.51. The van der Waals surface area contributed by atoms with Crippen LogP contribution >= 0.6 is 11.6 Å². The molecule has 1 aliphatic heterocycles. The number of tetrazole rings is 1. The van der Waals surface area contributed by atoms with Gasteiger partial charge in [-0.25, -0.2) is 0 Å². The highest BCUT2D eigenvalue weighted by Crippen LogP contribution is 2.29. The lowest BCUT2D eigenvalue weighted by atomic mass is 10.1. The molecular weight excluding hydrogens is 322 g/mol. The van der Waals surface area contributed by atoms with E-state index in [1.54, 1.807) is 12.1 Å². The quantitative estimate of drug-likeness (QED) is 0.882. The van der Waals surface area contributed by atoms with Crippen LogP contribution in [0.3, 0.4) is 0 Å². The molecule has 1 atom stereocenters. The van der Waals surface area contributed by atoms with E-state index in [-0.39, 0.29) is 12.0 Å². The first-order valence-corrected chi connectivity index (χ1v) is 7.57. The summed E-state index contributed by atoms with van der Waals surface area (Å²) in [6.45, 7) is 1.21. The Morgan fingerprint density at radius 2 is 2.43 bits per heavy atom. The van der Waals surface area contributed by atoms with Gasteiger partial charge in [0.25, 0.3) is 5.91 Å². The van der Waals surface area contributed by atoms with Gasteiger partial charge in [0.05, 0.1) is 29.5 Å². The number of aromatic nitrogens is 4. The zero-order chi connectivity index (χ0) is 16.2. The van der Waals surface area contributed by atoms with Gasteiger partial charge in [-0.05, 0) is 29.3 Å². The number of halogens is 1. The molecule has 8 nitrogen and oxygen atoms in total. The van der Waals surface area contributed by atoms with Crippen LogP contribution in [0.1, 0.15) is 23.2 Å². The maximum Gasteiger partial charge on any atom is 0.255 e. The van der Waals surface area contributed by atoms with Gasteiger partial charge in [-0.2, -0.15) is 4.68 Å². The third-order valence-electron chi connectivity index (χ3n) is 3.62. The van der Waals surface area contributed by atoms with Crippen LogP contribution in [-0.4, -0.2) is 52.5 Å². The molecule has 23 heavy (non-hydrogen) atoms. The Balaban J connectivity index is 1.80. The van der Waals surface area contributed by atoms with E-state index in [0.29, 0.717) is 28.6 Å². The number of rotatable bonds is 5. The molecule has 2 aromatic rings. The molecule has 2 heterocycles. The van der Waals surface area contributed by atoms with Crippen molar-refractivity contribution in [1.82, 2.24) is 25.5 Å². The number of hydrogen-bond donors (Lipinski definition) is 1. The highest BCUT2D eigenvalue weighted by Gasteiger charge is 2.20. The number of hydrogen-bond acceptors (Lipinski definition) is 6. The summed E-state index contributed by atoms with van der Waals surface area (Å²) in [7, 11) is 1.49. The van der Waals surface area contributed by atoms with Gasteiger partial charge in [-0.3, -0.25) is 4.79 Å². The Bertz CT molecular complexity index is 686. The van der Waals surface area contributed by atoms with Crippen molar-refractivity contribution in [3.05, 3.63) is 29.0 Å². The van der Waals surface area contributed by atoms with Crippen LogP contribution in [0.4, 0.5) is 0 Å². The number of carbonyl (C=O) groups is 1. The summed E-state index contributed by atoms with van der Waals surface area (Å²) < 4.78 is 12.2. The second-order valence-electron chi connectivity index (χ2n) is 5.10. The van der Waals surface area contributed by atoms with Gasteiger partial charge >= 0.3 is 0 Å². The maximum atomic E-state index is 12.4. The van der Waals surface area contributed by atoms with E-state index in [1.165, 1.54) is 18.1 Å². The van der Waals surface area contributed by atoms with Crippen LogP contribution in [0.2, 0.25) is 5.02 Å². The highest BCUT2D eigenvalue weighted by molar-refractivity contribution is 6.33. The molecule has 0 spiro atoms. The normalized spacial score (nSPS) is 17.2. The van der Waals surface area contributed by atoms with Gasteiger partial charge in [0.1, 0.15) is 12.1 Å². The zero-order valence-corrected chi connectivity index (χ0v) is 13.3. The van der Waals surface area contributed by atoms with Gasteiger partial charge in [-0.15, -0.1) is 5.10 Å². The minimum atomic E-state index is -0.262. The molecule has 0 bridgehead atoms. The molecule has 1 aliphatic rings. The van der Waals surface area contributed by atoms with E-state index in [4.69, 9.17) is 21.1 Å². The number of amides is 1. The van der Waals surface area contributed by atoms with Crippen molar-refractivity contribution >= 4 is 17.5 Å². The number of ether oxygens (including phenoxy) is 2. The third-order valence-corrected chi connectivity index (χ3v) is 3.93. The van der Waals surface area contributed by atoms with Gasteiger partial charge < -0.3 is 14.8 Å². The molecule has 1 aromatic carbocycles. The van der Waals surface area contributed by atoms with Crippen LogP contribution < -0.4 is 10.1 Å². The van der Waals surface area contributed by atoms with Gasteiger partial charge in [0.15, 0.2) is 0 Å². The third kappa shape index (κ3) is 3.43. The summed E-state index contributed by atoms with van der Waals surface area (Å²) in [5.41, 5.74) is 0.886. The minimum Gasteiger partial charge on any atom is -0.496 e. The molecule has 3 rings (SSSR count). The standard InChI is InChI=1S/C14H16ClN5O3/c1-22-13-6-12(20-8-17-18-19-20)11(15)5-10(13)14(21)16-7-9-3-2-4-23-9/h5-6,8-9H,2-4,7H2,1H3,(H,16,21). The molecule has 1 N–H and O–H groups in total. The van der Waals surface area contributed by atoms with Gasteiger partial charge in [0, 0.05) is 19.2 Å². The lowest BCUT2D eigenvalue weighted by Crippen LogP contribution is -2.32. The number of benzene rings is 1. The Hall–Kier alpha value is -2.19. The predicted molar refractivity (Wildman–Crippen MR) is 82.0 cm³/mol. The summed E-state index contributed by atoms with van der Waals surface area (Å²) in [6.07, 6.45) is 3.46. The topological polar surface area (TPSA) is 91.2 Å². The first-order valence-electron chi connectivity index (χ1n) is 7.19. The smallest absolute Gasteiger partial charge is 0.255 e. The van der Waals surface area contributed by atoms with Gasteiger partial charge in [0.2, 0.25) is 0 Å². The van der Waals surface area contributed by atoms with Crippen LogP contribution in [0, 0.1) is 0 Å².